The van der Waals surface area contributed by atoms with E-state index in [4.69, 9.17) is 5.11 Å². The van der Waals surface area contributed by atoms with Crippen LogP contribution >= 0.6 is 0 Å². The van der Waals surface area contributed by atoms with Crippen LogP contribution in [-0.2, 0) is 4.79 Å². The van der Waals surface area contributed by atoms with Gasteiger partial charge in [-0.1, -0.05) is 12.8 Å². The summed E-state index contributed by atoms with van der Waals surface area (Å²) in [6.45, 7) is 0. The average molecular weight is 265 g/mol. The summed E-state index contributed by atoms with van der Waals surface area (Å²) < 4.78 is 0. The van der Waals surface area contributed by atoms with Crippen LogP contribution in [0.4, 0.5) is 0 Å². The second-order valence-corrected chi connectivity index (χ2v) is 6.95. The molecule has 2 N–H and O–H groups in total. The molecule has 0 heterocycles. The topological polar surface area (TPSA) is 49.3 Å². The number of carbonyl (C=O) groups is 1. The molecule has 0 aromatic carbocycles. The summed E-state index contributed by atoms with van der Waals surface area (Å²) in [7, 11) is 0. The summed E-state index contributed by atoms with van der Waals surface area (Å²) in [4.78, 5) is 11.0. The number of hydrogen-bond acceptors (Lipinski definition) is 2. The van der Waals surface area contributed by atoms with Gasteiger partial charge < -0.3 is 10.4 Å². The first kappa shape index (κ1) is 13.4. The lowest BCUT2D eigenvalue weighted by molar-refractivity contribution is -0.142. The summed E-state index contributed by atoms with van der Waals surface area (Å²) >= 11 is 0. The van der Waals surface area contributed by atoms with Gasteiger partial charge in [0.2, 0.25) is 0 Å². The van der Waals surface area contributed by atoms with Gasteiger partial charge in [0.15, 0.2) is 0 Å². The van der Waals surface area contributed by atoms with Crippen molar-refractivity contribution >= 4 is 5.97 Å². The molecule has 2 unspecified atom stereocenters. The third-order valence-electron chi connectivity index (χ3n) is 5.57. The zero-order chi connectivity index (χ0) is 13.2. The van der Waals surface area contributed by atoms with Crippen molar-refractivity contribution in [2.45, 2.75) is 76.3 Å². The fourth-order valence-electron chi connectivity index (χ4n) is 4.26. The molecular formula is C16H27NO2. The van der Waals surface area contributed by atoms with E-state index in [-0.39, 0.29) is 5.92 Å². The number of aliphatic carboxylic acids is 1. The Morgan fingerprint density at radius 3 is 2.21 bits per heavy atom. The van der Waals surface area contributed by atoms with Gasteiger partial charge in [0.1, 0.15) is 0 Å². The van der Waals surface area contributed by atoms with Crippen LogP contribution in [0.1, 0.15) is 64.2 Å². The van der Waals surface area contributed by atoms with E-state index in [1.165, 1.54) is 38.5 Å². The number of carboxylic acid groups (broad SMARTS) is 1. The van der Waals surface area contributed by atoms with Crippen molar-refractivity contribution in [3.05, 3.63) is 0 Å². The Labute approximate surface area is 116 Å². The number of hydrogen-bond donors (Lipinski definition) is 2. The molecule has 0 aromatic rings. The molecule has 3 fully saturated rings. The van der Waals surface area contributed by atoms with Crippen LogP contribution in [0.2, 0.25) is 0 Å². The third kappa shape index (κ3) is 3.31. The molecule has 3 heteroatoms. The van der Waals surface area contributed by atoms with Crippen LogP contribution in [0.25, 0.3) is 0 Å². The average Bonchev–Trinajstić information content (AvgIpc) is 3.24. The summed E-state index contributed by atoms with van der Waals surface area (Å²) in [5.41, 5.74) is 0. The molecule has 3 rings (SSSR count). The van der Waals surface area contributed by atoms with Crippen molar-refractivity contribution in [3.8, 4) is 0 Å². The fraction of sp³-hybridized carbons (Fsp3) is 0.938. The largest absolute Gasteiger partial charge is 0.481 e. The van der Waals surface area contributed by atoms with Gasteiger partial charge in [-0.2, -0.15) is 0 Å². The molecule has 0 amide bonds. The van der Waals surface area contributed by atoms with Gasteiger partial charge in [0.05, 0.1) is 5.92 Å². The molecule has 108 valence electrons. The summed E-state index contributed by atoms with van der Waals surface area (Å²) in [5, 5.41) is 12.9. The summed E-state index contributed by atoms with van der Waals surface area (Å²) in [6, 6.07) is 1.31. The number of nitrogens with one attached hydrogen (secondary N) is 1. The highest BCUT2D eigenvalue weighted by Crippen LogP contribution is 2.44. The minimum atomic E-state index is -0.591. The third-order valence-corrected chi connectivity index (χ3v) is 5.57. The molecule has 2 atom stereocenters. The molecule has 0 spiro atoms. The predicted octanol–water partition coefficient (Wildman–Crippen LogP) is 3.19. The molecular weight excluding hydrogens is 238 g/mol. The summed E-state index contributed by atoms with van der Waals surface area (Å²) in [5.74, 6) is 1.26. The quantitative estimate of drug-likeness (QED) is 0.820. The molecule has 0 bridgehead atoms. The molecule has 0 aliphatic heterocycles. The smallest absolute Gasteiger partial charge is 0.306 e. The monoisotopic (exact) mass is 265 g/mol. The van der Waals surface area contributed by atoms with E-state index in [2.05, 4.69) is 5.32 Å². The fourth-order valence-corrected chi connectivity index (χ4v) is 4.26. The minimum Gasteiger partial charge on any atom is -0.481 e. The first-order chi connectivity index (χ1) is 9.24. The Bertz CT molecular complexity index is 319. The number of rotatable bonds is 4. The van der Waals surface area contributed by atoms with Gasteiger partial charge in [0.25, 0.3) is 0 Å². The van der Waals surface area contributed by atoms with Gasteiger partial charge in [-0.15, -0.1) is 0 Å². The highest BCUT2D eigenvalue weighted by atomic mass is 16.4. The predicted molar refractivity (Wildman–Crippen MR) is 75.0 cm³/mol. The van der Waals surface area contributed by atoms with Crippen LogP contribution in [0.15, 0.2) is 0 Å². The number of carboxylic acids is 1. The maximum Gasteiger partial charge on any atom is 0.306 e. The van der Waals surface area contributed by atoms with Gasteiger partial charge in [-0.25, -0.2) is 0 Å². The van der Waals surface area contributed by atoms with E-state index in [9.17, 15) is 4.79 Å². The van der Waals surface area contributed by atoms with E-state index in [1.54, 1.807) is 0 Å². The van der Waals surface area contributed by atoms with Crippen LogP contribution in [0, 0.1) is 17.8 Å². The molecule has 19 heavy (non-hydrogen) atoms. The van der Waals surface area contributed by atoms with E-state index >= 15 is 0 Å². The van der Waals surface area contributed by atoms with Crippen LogP contribution in [0.3, 0.4) is 0 Å². The van der Waals surface area contributed by atoms with Gasteiger partial charge in [-0.3, -0.25) is 4.79 Å². The van der Waals surface area contributed by atoms with E-state index < -0.39 is 5.97 Å². The Balaban J connectivity index is 1.49. The highest BCUT2D eigenvalue weighted by Gasteiger charge is 2.38. The Hall–Kier alpha value is -0.570. The van der Waals surface area contributed by atoms with Crippen molar-refractivity contribution < 1.29 is 9.90 Å². The van der Waals surface area contributed by atoms with E-state index in [0.29, 0.717) is 6.04 Å². The Kier molecular flexibility index (Phi) is 4.11. The first-order valence-electron chi connectivity index (χ1n) is 8.23. The van der Waals surface area contributed by atoms with Gasteiger partial charge >= 0.3 is 5.97 Å². The normalized spacial score (nSPS) is 40.0. The molecule has 3 saturated carbocycles. The van der Waals surface area contributed by atoms with Crippen LogP contribution in [-0.4, -0.2) is 23.2 Å². The highest BCUT2D eigenvalue weighted by molar-refractivity contribution is 5.70. The van der Waals surface area contributed by atoms with E-state index in [0.717, 1.165) is 43.6 Å². The summed E-state index contributed by atoms with van der Waals surface area (Å²) in [6.07, 6.45) is 12.3. The van der Waals surface area contributed by atoms with Crippen molar-refractivity contribution in [2.75, 3.05) is 0 Å². The molecule has 3 nitrogen and oxygen atoms in total. The standard InChI is InChI=1S/C16H27NO2/c18-16(19)12-7-9-13(10-8-12)17-15-4-2-1-3-14(15)11-5-6-11/h11-15,17H,1-10H2,(H,18,19). The molecule has 0 saturated heterocycles. The Morgan fingerprint density at radius 2 is 1.58 bits per heavy atom. The van der Waals surface area contributed by atoms with Crippen molar-refractivity contribution in [3.63, 3.8) is 0 Å². The first-order valence-corrected chi connectivity index (χ1v) is 8.23. The van der Waals surface area contributed by atoms with Crippen LogP contribution in [0.5, 0.6) is 0 Å². The maximum absolute atomic E-state index is 11.0. The molecule has 3 aliphatic rings. The minimum absolute atomic E-state index is 0.0800. The van der Waals surface area contributed by atoms with Crippen molar-refractivity contribution in [2.24, 2.45) is 17.8 Å². The lowest BCUT2D eigenvalue weighted by atomic mass is 9.79. The SMILES string of the molecule is O=C(O)C1CCC(NC2CCCCC2C2CC2)CC1. The maximum atomic E-state index is 11.0. The lowest BCUT2D eigenvalue weighted by Crippen LogP contribution is -2.46. The second kappa shape index (κ2) is 5.82. The Morgan fingerprint density at radius 1 is 0.895 bits per heavy atom. The zero-order valence-corrected chi connectivity index (χ0v) is 11.8. The van der Waals surface area contributed by atoms with Crippen LogP contribution < -0.4 is 5.32 Å². The molecule has 0 aromatic heterocycles. The second-order valence-electron chi connectivity index (χ2n) is 6.95. The zero-order valence-electron chi connectivity index (χ0n) is 11.8. The van der Waals surface area contributed by atoms with E-state index in [1.807, 2.05) is 0 Å². The van der Waals surface area contributed by atoms with Gasteiger partial charge in [0, 0.05) is 12.1 Å². The van der Waals surface area contributed by atoms with Crippen molar-refractivity contribution in [1.82, 2.24) is 5.32 Å². The molecule has 0 radical (unpaired) electrons. The van der Waals surface area contributed by atoms with Crippen molar-refractivity contribution in [1.29, 1.82) is 0 Å². The lowest BCUT2D eigenvalue weighted by Gasteiger charge is -2.37. The molecule has 3 aliphatic carbocycles. The van der Waals surface area contributed by atoms with Gasteiger partial charge in [-0.05, 0) is 63.2 Å².